The third-order valence-electron chi connectivity index (χ3n) is 3.97. The average Bonchev–Trinajstić information content (AvgIpc) is 3.07. The molecule has 34 heavy (non-hydrogen) atoms. The minimum atomic E-state index is -6.60. The molecule has 5 nitrogen and oxygen atoms in total. The van der Waals surface area contributed by atoms with Crippen molar-refractivity contribution in [2.45, 2.75) is 36.0 Å². The number of anilines is 1. The number of ether oxygens (including phenoxy) is 1. The van der Waals surface area contributed by atoms with Crippen molar-refractivity contribution in [3.8, 4) is 11.6 Å². The third-order valence-corrected chi connectivity index (χ3v) is 5.20. The van der Waals surface area contributed by atoms with Gasteiger partial charge in [-0.1, -0.05) is 0 Å². The smallest absolute Gasteiger partial charge is 0.460 e. The normalized spacial score (nSPS) is 13.2. The van der Waals surface area contributed by atoms with E-state index in [-0.39, 0.29) is 28.6 Å². The highest BCUT2D eigenvalue weighted by atomic mass is 32.2. The second kappa shape index (κ2) is 9.50. The van der Waals surface area contributed by atoms with E-state index in [9.17, 15) is 53.1 Å². The van der Waals surface area contributed by atoms with Crippen LogP contribution in [0.15, 0.2) is 23.1 Å². The Hall–Kier alpha value is -2.72. The lowest BCUT2D eigenvalue weighted by atomic mass is 10.2. The summed E-state index contributed by atoms with van der Waals surface area (Å²) in [6, 6.07) is 2.28. The van der Waals surface area contributed by atoms with E-state index in [1.54, 1.807) is 0 Å². The first-order valence-electron chi connectivity index (χ1n) is 8.65. The Morgan fingerprint density at radius 2 is 1.68 bits per heavy atom. The number of aromatic nitrogens is 2. The molecule has 0 saturated carbocycles. The number of aryl methyl sites for hydroxylation is 1. The van der Waals surface area contributed by atoms with Crippen LogP contribution < -0.4 is 10.1 Å². The molecule has 0 radical (unpaired) electrons. The van der Waals surface area contributed by atoms with E-state index in [4.69, 9.17) is 0 Å². The Morgan fingerprint density at radius 3 is 2.21 bits per heavy atom. The van der Waals surface area contributed by atoms with Crippen LogP contribution >= 0.6 is 11.8 Å². The van der Waals surface area contributed by atoms with Crippen molar-refractivity contribution in [3.05, 3.63) is 29.6 Å². The topological polar surface area (TPSA) is 56.1 Å². The molecule has 1 heterocycles. The van der Waals surface area contributed by atoms with Crippen LogP contribution in [0.1, 0.15) is 5.56 Å². The lowest BCUT2D eigenvalue weighted by molar-refractivity contribution is -0.358. The fraction of sp³-hybridized carbons (Fsp3) is 0.412. The quantitative estimate of drug-likeness (QED) is 0.254. The summed E-state index contributed by atoms with van der Waals surface area (Å²) < 4.78 is 146. The summed E-state index contributed by atoms with van der Waals surface area (Å²) in [6.45, 7) is -1.21. The number of thioether (sulfide) groups is 1. The van der Waals surface area contributed by atoms with Gasteiger partial charge in [-0.2, -0.15) is 43.9 Å². The highest BCUT2D eigenvalue weighted by Crippen LogP contribution is 2.46. The van der Waals surface area contributed by atoms with Gasteiger partial charge in [-0.15, -0.1) is 16.9 Å². The summed E-state index contributed by atoms with van der Waals surface area (Å²) >= 11 is 0.273. The minimum Gasteiger partial charge on any atom is -0.470 e. The van der Waals surface area contributed by atoms with Gasteiger partial charge in [0, 0.05) is 11.0 Å². The van der Waals surface area contributed by atoms with Gasteiger partial charge in [0.1, 0.15) is 17.3 Å². The fourth-order valence-electron chi connectivity index (χ4n) is 2.36. The molecule has 2 aromatic rings. The molecule has 0 atom stereocenters. The number of rotatable bonds is 9. The first-order valence-corrected chi connectivity index (χ1v) is 9.63. The molecule has 190 valence electrons. The van der Waals surface area contributed by atoms with Crippen LogP contribution in [0.2, 0.25) is 0 Å². The summed E-state index contributed by atoms with van der Waals surface area (Å²) in [7, 11) is 0. The maximum atomic E-state index is 14.5. The van der Waals surface area contributed by atoms with Gasteiger partial charge in [0.25, 0.3) is 0 Å². The molecule has 0 bridgehead atoms. The molecule has 0 fully saturated rings. The molecule has 1 aromatic heterocycles. The third kappa shape index (κ3) is 6.04. The van der Waals surface area contributed by atoms with Crippen LogP contribution in [-0.2, 0) is 4.79 Å². The van der Waals surface area contributed by atoms with E-state index in [1.807, 2.05) is 5.32 Å². The minimum absolute atomic E-state index is 0.00485. The Labute approximate surface area is 187 Å². The summed E-state index contributed by atoms with van der Waals surface area (Å²) in [4.78, 5) is 10.7. The molecule has 0 saturated heterocycles. The molecule has 0 spiro atoms. The molecule has 2 rings (SSSR count). The second-order valence-electron chi connectivity index (χ2n) is 6.58. The number of halogens is 11. The van der Waals surface area contributed by atoms with Crippen molar-refractivity contribution < 1.29 is 57.8 Å². The molecule has 0 unspecified atom stereocenters. The number of amides is 1. The lowest BCUT2D eigenvalue weighted by Gasteiger charge is -2.27. The number of nitrogens with one attached hydrogen (secondary N) is 1. The zero-order chi connectivity index (χ0) is 26.1. The van der Waals surface area contributed by atoms with Crippen LogP contribution in [0.25, 0.3) is 5.69 Å². The van der Waals surface area contributed by atoms with Gasteiger partial charge in [0.2, 0.25) is 12.3 Å². The van der Waals surface area contributed by atoms with Crippen molar-refractivity contribution in [1.29, 1.82) is 0 Å². The van der Waals surface area contributed by atoms with Crippen molar-refractivity contribution in [2.24, 2.45) is 0 Å². The number of alkyl halides is 10. The van der Waals surface area contributed by atoms with Gasteiger partial charge in [0.15, 0.2) is 6.61 Å². The predicted molar refractivity (Wildman–Crippen MR) is 96.2 cm³/mol. The summed E-state index contributed by atoms with van der Waals surface area (Å²) in [5, 5.41) is 5.36. The monoisotopic (exact) mass is 531 g/mol. The highest BCUT2D eigenvalue weighted by molar-refractivity contribution is 7.99. The van der Waals surface area contributed by atoms with Gasteiger partial charge in [-0.25, -0.2) is 9.07 Å². The fourth-order valence-corrected chi connectivity index (χ4v) is 3.16. The Kier molecular flexibility index (Phi) is 7.69. The van der Waals surface area contributed by atoms with Crippen molar-refractivity contribution in [2.75, 3.05) is 17.7 Å². The van der Waals surface area contributed by atoms with Crippen molar-refractivity contribution in [1.82, 2.24) is 9.78 Å². The van der Waals surface area contributed by atoms with E-state index >= 15 is 0 Å². The molecule has 17 heteroatoms. The largest absolute Gasteiger partial charge is 0.470 e. The molecule has 0 aliphatic rings. The standard InChI is InChI=1S/C17H12F11N3O2S/c1-8-2-9(18)10(3-11(8)34-6-15(21,22)23)31-12(29-7-32)4-13(30-31)33-5-14(19,20)16(24,25)17(26,27)28/h2-4,7H,5-6H2,1H3,(H,29,32). The van der Waals surface area contributed by atoms with E-state index in [2.05, 4.69) is 9.84 Å². The zero-order valence-electron chi connectivity index (χ0n) is 16.5. The van der Waals surface area contributed by atoms with Crippen molar-refractivity contribution in [3.63, 3.8) is 0 Å². The second-order valence-corrected chi connectivity index (χ2v) is 7.60. The van der Waals surface area contributed by atoms with Crippen LogP contribution in [0.3, 0.4) is 0 Å². The number of carbonyl (C=O) groups is 1. The molecule has 0 aliphatic heterocycles. The Balaban J connectivity index is 2.40. The summed E-state index contributed by atoms with van der Waals surface area (Å²) in [6.07, 6.45) is -11.2. The van der Waals surface area contributed by atoms with Gasteiger partial charge in [0.05, 0.1) is 5.75 Å². The van der Waals surface area contributed by atoms with Gasteiger partial charge < -0.3 is 10.1 Å². The summed E-state index contributed by atoms with van der Waals surface area (Å²) in [5.74, 6) is -16.2. The Bertz CT molecular complexity index is 1030. The van der Waals surface area contributed by atoms with Gasteiger partial charge in [-0.05, 0) is 24.6 Å². The van der Waals surface area contributed by atoms with Crippen LogP contribution in [0.4, 0.5) is 54.1 Å². The van der Waals surface area contributed by atoms with E-state index in [1.165, 1.54) is 6.92 Å². The van der Waals surface area contributed by atoms with Gasteiger partial charge in [-0.3, -0.25) is 4.79 Å². The number of benzene rings is 1. The molecule has 1 N–H and O–H groups in total. The first-order chi connectivity index (χ1) is 15.4. The molecular formula is C17H12F11N3O2S. The number of hydrogen-bond acceptors (Lipinski definition) is 4. The molecule has 1 amide bonds. The van der Waals surface area contributed by atoms with Crippen LogP contribution in [0.5, 0.6) is 5.88 Å². The van der Waals surface area contributed by atoms with Crippen molar-refractivity contribution >= 4 is 24.0 Å². The zero-order valence-corrected chi connectivity index (χ0v) is 17.3. The van der Waals surface area contributed by atoms with E-state index < -0.39 is 59.8 Å². The number of carbonyl (C=O) groups excluding carboxylic acids is 1. The predicted octanol–water partition coefficient (Wildman–Crippen LogP) is 5.75. The maximum Gasteiger partial charge on any atom is 0.460 e. The number of nitrogens with zero attached hydrogens (tertiary/aromatic N) is 2. The van der Waals surface area contributed by atoms with Crippen LogP contribution in [-0.4, -0.2) is 52.7 Å². The first kappa shape index (κ1) is 27.5. The highest BCUT2D eigenvalue weighted by Gasteiger charge is 2.73. The summed E-state index contributed by atoms with van der Waals surface area (Å²) in [5.41, 5.74) is -0.528. The average molecular weight is 531 g/mol. The lowest BCUT2D eigenvalue weighted by Crippen LogP contribution is -2.54. The SMILES string of the molecule is Cc1cc(F)c(-n2nc(OCC(F)(F)C(F)(F)C(F)(F)F)cc2NC=O)cc1SCC(F)(F)F. The maximum absolute atomic E-state index is 14.5. The number of hydrogen-bond donors (Lipinski definition) is 1. The van der Waals surface area contributed by atoms with Gasteiger partial charge >= 0.3 is 24.2 Å². The Morgan fingerprint density at radius 1 is 1.06 bits per heavy atom. The van der Waals surface area contributed by atoms with E-state index in [0.29, 0.717) is 10.7 Å². The molecular weight excluding hydrogens is 519 g/mol. The van der Waals surface area contributed by atoms with Crippen LogP contribution in [0, 0.1) is 12.7 Å². The molecule has 0 aliphatic carbocycles. The van der Waals surface area contributed by atoms with E-state index in [0.717, 1.165) is 12.1 Å². The molecule has 1 aromatic carbocycles.